The Labute approximate surface area is 134 Å². The fourth-order valence-corrected chi connectivity index (χ4v) is 2.42. The Morgan fingerprint density at radius 1 is 1.05 bits per heavy atom. The van der Waals surface area contributed by atoms with Crippen LogP contribution in [-0.2, 0) is 17.6 Å². The Morgan fingerprint density at radius 3 is 2.59 bits per heavy atom. The minimum Gasteiger partial charge on any atom is -0.454 e. The second-order valence-corrected chi connectivity index (χ2v) is 5.53. The highest BCUT2D eigenvalue weighted by atomic mass is 35.5. The number of hydrogen-bond donors (Lipinski definition) is 1. The molecule has 0 aliphatic carbocycles. The van der Waals surface area contributed by atoms with Gasteiger partial charge >= 0.3 is 0 Å². The van der Waals surface area contributed by atoms with E-state index < -0.39 is 0 Å². The highest BCUT2D eigenvalue weighted by Gasteiger charge is 2.13. The van der Waals surface area contributed by atoms with Gasteiger partial charge in [0.2, 0.25) is 12.7 Å². The quantitative estimate of drug-likeness (QED) is 0.922. The third kappa shape index (κ3) is 3.71. The maximum atomic E-state index is 11.9. The number of carbonyl (C=O) groups excluding carboxylic acids is 1. The number of rotatable bonds is 5. The first-order valence-electron chi connectivity index (χ1n) is 7.10. The number of halogens is 1. The zero-order valence-corrected chi connectivity index (χ0v) is 12.7. The molecule has 2 aromatic carbocycles. The van der Waals surface area contributed by atoms with Crippen LogP contribution >= 0.6 is 11.6 Å². The second kappa shape index (κ2) is 6.71. The van der Waals surface area contributed by atoms with Gasteiger partial charge in [0.05, 0.1) is 6.42 Å². The molecule has 0 unspecified atom stereocenters. The summed E-state index contributed by atoms with van der Waals surface area (Å²) in [7, 11) is 0. The van der Waals surface area contributed by atoms with E-state index in [2.05, 4.69) is 5.32 Å². The van der Waals surface area contributed by atoms with E-state index in [1.165, 1.54) is 0 Å². The van der Waals surface area contributed by atoms with Crippen molar-refractivity contribution >= 4 is 17.5 Å². The molecule has 0 spiro atoms. The van der Waals surface area contributed by atoms with Crippen molar-refractivity contribution in [3.8, 4) is 11.5 Å². The molecule has 5 heteroatoms. The molecule has 1 aliphatic heterocycles. The van der Waals surface area contributed by atoms with Crippen LogP contribution in [-0.4, -0.2) is 19.2 Å². The molecule has 0 saturated heterocycles. The van der Waals surface area contributed by atoms with Crippen LogP contribution in [0.4, 0.5) is 0 Å². The molecule has 22 heavy (non-hydrogen) atoms. The van der Waals surface area contributed by atoms with Gasteiger partial charge in [0, 0.05) is 11.6 Å². The van der Waals surface area contributed by atoms with Crippen molar-refractivity contribution in [2.75, 3.05) is 13.3 Å². The van der Waals surface area contributed by atoms with Gasteiger partial charge in [0.25, 0.3) is 0 Å². The lowest BCUT2D eigenvalue weighted by atomic mass is 10.1. The number of carbonyl (C=O) groups is 1. The van der Waals surface area contributed by atoms with Gasteiger partial charge in [-0.25, -0.2) is 0 Å². The summed E-state index contributed by atoms with van der Waals surface area (Å²) >= 11 is 5.82. The molecule has 4 nitrogen and oxygen atoms in total. The van der Waals surface area contributed by atoms with Crippen molar-refractivity contribution in [3.63, 3.8) is 0 Å². The van der Waals surface area contributed by atoms with E-state index >= 15 is 0 Å². The molecule has 114 valence electrons. The van der Waals surface area contributed by atoms with Gasteiger partial charge in [0.15, 0.2) is 11.5 Å². The largest absolute Gasteiger partial charge is 0.454 e. The van der Waals surface area contributed by atoms with Gasteiger partial charge in [-0.3, -0.25) is 4.79 Å². The monoisotopic (exact) mass is 317 g/mol. The van der Waals surface area contributed by atoms with Crippen molar-refractivity contribution in [2.45, 2.75) is 12.8 Å². The molecule has 0 atom stereocenters. The van der Waals surface area contributed by atoms with Crippen LogP contribution in [0.5, 0.6) is 11.5 Å². The lowest BCUT2D eigenvalue weighted by Crippen LogP contribution is -2.27. The summed E-state index contributed by atoms with van der Waals surface area (Å²) in [5, 5.41) is 3.59. The Bertz CT molecular complexity index is 670. The van der Waals surface area contributed by atoms with Gasteiger partial charge in [-0.2, -0.15) is 0 Å². The van der Waals surface area contributed by atoms with Crippen LogP contribution in [0.1, 0.15) is 11.1 Å². The van der Waals surface area contributed by atoms with Crippen molar-refractivity contribution in [3.05, 3.63) is 58.6 Å². The average molecular weight is 318 g/mol. The second-order valence-electron chi connectivity index (χ2n) is 5.09. The van der Waals surface area contributed by atoms with Crippen molar-refractivity contribution < 1.29 is 14.3 Å². The molecule has 1 amide bonds. The van der Waals surface area contributed by atoms with E-state index in [4.69, 9.17) is 21.1 Å². The zero-order chi connectivity index (χ0) is 15.4. The molecule has 1 heterocycles. The van der Waals surface area contributed by atoms with E-state index in [9.17, 15) is 4.79 Å². The number of fused-ring (bicyclic) bond motifs is 1. The fourth-order valence-electron chi connectivity index (χ4n) is 2.29. The van der Waals surface area contributed by atoms with Crippen LogP contribution < -0.4 is 14.8 Å². The SMILES string of the molecule is O=C(Cc1ccc(Cl)cc1)NCCc1ccc2c(c1)OCO2. The molecule has 0 aromatic heterocycles. The maximum absolute atomic E-state index is 11.9. The van der Waals surface area contributed by atoms with Crippen LogP contribution in [0.3, 0.4) is 0 Å². The lowest BCUT2D eigenvalue weighted by Gasteiger charge is -2.06. The first kappa shape index (κ1) is 14.7. The molecule has 1 aliphatic rings. The Hall–Kier alpha value is -2.20. The van der Waals surface area contributed by atoms with Crippen LogP contribution in [0, 0.1) is 0 Å². The third-order valence-corrected chi connectivity index (χ3v) is 3.70. The van der Waals surface area contributed by atoms with E-state index in [0.717, 1.165) is 29.0 Å². The van der Waals surface area contributed by atoms with Crippen LogP contribution in [0.15, 0.2) is 42.5 Å². The minimum absolute atomic E-state index is 0.00284. The molecule has 0 fully saturated rings. The molecule has 2 aromatic rings. The summed E-state index contributed by atoms with van der Waals surface area (Å²) in [6.45, 7) is 0.864. The summed E-state index contributed by atoms with van der Waals surface area (Å²) in [5.41, 5.74) is 2.06. The smallest absolute Gasteiger partial charge is 0.231 e. The average Bonchev–Trinajstić information content (AvgIpc) is 2.97. The number of ether oxygens (including phenoxy) is 2. The Balaban J connectivity index is 1.46. The predicted molar refractivity (Wildman–Crippen MR) is 84.4 cm³/mol. The highest BCUT2D eigenvalue weighted by molar-refractivity contribution is 6.30. The molecule has 3 rings (SSSR count). The minimum atomic E-state index is 0.00284. The summed E-state index contributed by atoms with van der Waals surface area (Å²) in [6, 6.07) is 13.1. The summed E-state index contributed by atoms with van der Waals surface area (Å²) in [4.78, 5) is 11.9. The number of hydrogen-bond acceptors (Lipinski definition) is 3. The predicted octanol–water partition coefficient (Wildman–Crippen LogP) is 2.97. The third-order valence-electron chi connectivity index (χ3n) is 3.45. The van der Waals surface area contributed by atoms with Gasteiger partial charge in [-0.15, -0.1) is 0 Å². The maximum Gasteiger partial charge on any atom is 0.231 e. The first-order valence-corrected chi connectivity index (χ1v) is 7.48. The van der Waals surface area contributed by atoms with Crippen molar-refractivity contribution in [2.24, 2.45) is 0 Å². The van der Waals surface area contributed by atoms with Gasteiger partial charge in [-0.05, 0) is 41.8 Å². The Kier molecular flexibility index (Phi) is 4.49. The standard InChI is InChI=1S/C17H16ClNO3/c18-14-4-1-12(2-5-14)10-17(20)19-8-7-13-3-6-15-16(9-13)22-11-21-15/h1-6,9H,7-8,10-11H2,(H,19,20). The molecule has 0 saturated carbocycles. The topological polar surface area (TPSA) is 47.6 Å². The van der Waals surface area contributed by atoms with Crippen LogP contribution in [0.2, 0.25) is 5.02 Å². The highest BCUT2D eigenvalue weighted by Crippen LogP contribution is 2.32. The number of benzene rings is 2. The van der Waals surface area contributed by atoms with E-state index in [1.54, 1.807) is 12.1 Å². The molecule has 0 bridgehead atoms. The summed E-state index contributed by atoms with van der Waals surface area (Å²) in [5.74, 6) is 1.54. The number of nitrogens with one attached hydrogen (secondary N) is 1. The van der Waals surface area contributed by atoms with Gasteiger partial charge in [0.1, 0.15) is 0 Å². The molecule has 0 radical (unpaired) electrons. The molecular weight excluding hydrogens is 302 g/mol. The number of amides is 1. The first-order chi connectivity index (χ1) is 10.7. The van der Waals surface area contributed by atoms with Gasteiger partial charge < -0.3 is 14.8 Å². The molecular formula is C17H16ClNO3. The zero-order valence-electron chi connectivity index (χ0n) is 12.0. The van der Waals surface area contributed by atoms with Crippen molar-refractivity contribution in [1.29, 1.82) is 0 Å². The fraction of sp³-hybridized carbons (Fsp3) is 0.235. The van der Waals surface area contributed by atoms with E-state index in [1.807, 2.05) is 30.3 Å². The summed E-state index contributed by atoms with van der Waals surface area (Å²) in [6.07, 6.45) is 1.11. The van der Waals surface area contributed by atoms with E-state index in [0.29, 0.717) is 18.0 Å². The van der Waals surface area contributed by atoms with Gasteiger partial charge in [-0.1, -0.05) is 29.8 Å². The molecule has 1 N–H and O–H groups in total. The summed E-state index contributed by atoms with van der Waals surface area (Å²) < 4.78 is 10.6. The Morgan fingerprint density at radius 2 is 1.77 bits per heavy atom. The normalized spacial score (nSPS) is 12.2. The van der Waals surface area contributed by atoms with Crippen LogP contribution in [0.25, 0.3) is 0 Å². The lowest BCUT2D eigenvalue weighted by molar-refractivity contribution is -0.120. The van der Waals surface area contributed by atoms with E-state index in [-0.39, 0.29) is 12.7 Å². The van der Waals surface area contributed by atoms with Crippen molar-refractivity contribution in [1.82, 2.24) is 5.32 Å².